The van der Waals surface area contributed by atoms with E-state index in [1.54, 1.807) is 6.07 Å². The summed E-state index contributed by atoms with van der Waals surface area (Å²) in [4.78, 5) is 20.6. The molecule has 35 heavy (non-hydrogen) atoms. The zero-order chi connectivity index (χ0) is 25.4. The van der Waals surface area contributed by atoms with Crippen molar-refractivity contribution in [3.05, 3.63) is 45.5 Å². The Labute approximate surface area is 205 Å². The largest absolute Gasteiger partial charge is 0.633 e. The summed E-state index contributed by atoms with van der Waals surface area (Å²) in [6, 6.07) is 4.59. The molecule has 4 rings (SSSR count). The van der Waals surface area contributed by atoms with E-state index in [0.717, 1.165) is 12.0 Å². The zero-order valence-electron chi connectivity index (χ0n) is 20.7. The van der Waals surface area contributed by atoms with E-state index in [9.17, 15) is 18.4 Å². The van der Waals surface area contributed by atoms with Gasteiger partial charge in [0.15, 0.2) is 0 Å². The quantitative estimate of drug-likeness (QED) is 0.373. The predicted molar refractivity (Wildman–Crippen MR) is 135 cm³/mol. The molecule has 0 aliphatic carbocycles. The number of aromatic nitrogens is 3. The SMILES string of the molecule is CCCn1cc(C)c2c(=O)[nH]c(-c3cc(S(=O)(=O)N4CC[N+]([O-])(CC)CC4)ccc3OCC)nc21. The normalized spacial score (nSPS) is 16.6. The second-order valence-electron chi connectivity index (χ2n) is 8.94. The molecule has 0 spiro atoms. The highest BCUT2D eigenvalue weighted by molar-refractivity contribution is 7.89. The standard InChI is InChI=1S/C24H33N5O5S/c1-5-10-27-16-17(4)21-23(27)25-22(26-24(21)30)19-15-18(8-9-20(19)34-7-3)35(32,33)28-11-13-29(31,6-2)14-12-28/h8-9,15-16H,5-7,10-14H2,1-4H3,(H,25,26,30). The second kappa shape index (κ2) is 9.73. The summed E-state index contributed by atoms with van der Waals surface area (Å²) in [6.45, 7) is 9.82. The van der Waals surface area contributed by atoms with Crippen molar-refractivity contribution in [2.75, 3.05) is 39.3 Å². The number of H-pyrrole nitrogens is 1. The van der Waals surface area contributed by atoms with Crippen LogP contribution >= 0.6 is 0 Å². The van der Waals surface area contributed by atoms with Gasteiger partial charge < -0.3 is 24.1 Å². The Balaban J connectivity index is 1.80. The number of likely N-dealkylation sites (N-methyl/N-ethyl adjacent to an activating group) is 1. The minimum Gasteiger partial charge on any atom is -0.633 e. The Kier molecular flexibility index (Phi) is 7.05. The van der Waals surface area contributed by atoms with E-state index in [1.165, 1.54) is 16.4 Å². The lowest BCUT2D eigenvalue weighted by Crippen LogP contribution is -2.57. The number of hydrogen-bond donors (Lipinski definition) is 1. The number of aromatic amines is 1. The molecule has 3 heterocycles. The topological polar surface area (TPSA) is 120 Å². The number of hydrogen-bond acceptors (Lipinski definition) is 6. The molecule has 0 atom stereocenters. The molecule has 0 amide bonds. The van der Waals surface area contributed by atoms with Crippen LogP contribution in [0.25, 0.3) is 22.4 Å². The molecule has 1 aliphatic rings. The van der Waals surface area contributed by atoms with E-state index in [2.05, 4.69) is 4.98 Å². The van der Waals surface area contributed by atoms with Crippen molar-refractivity contribution in [3.63, 3.8) is 0 Å². The zero-order valence-corrected chi connectivity index (χ0v) is 21.5. The van der Waals surface area contributed by atoms with Crippen LogP contribution in [-0.2, 0) is 16.6 Å². The molecule has 1 saturated heterocycles. The first-order valence-corrected chi connectivity index (χ1v) is 13.5. The van der Waals surface area contributed by atoms with Crippen molar-refractivity contribution >= 4 is 21.1 Å². The molecule has 0 bridgehead atoms. The summed E-state index contributed by atoms with van der Waals surface area (Å²) in [5.74, 6) is 0.678. The highest BCUT2D eigenvalue weighted by Gasteiger charge is 2.33. The van der Waals surface area contributed by atoms with Gasteiger partial charge in [-0.15, -0.1) is 0 Å². The minimum absolute atomic E-state index is 0.0706. The van der Waals surface area contributed by atoms with E-state index in [1.807, 2.05) is 38.5 Å². The maximum absolute atomic E-state index is 13.4. The molecule has 3 aromatic rings. The van der Waals surface area contributed by atoms with Gasteiger partial charge in [0.25, 0.3) is 5.56 Å². The smallest absolute Gasteiger partial charge is 0.260 e. The van der Waals surface area contributed by atoms with Gasteiger partial charge in [0.2, 0.25) is 10.0 Å². The molecule has 1 aliphatic heterocycles. The Hall–Kier alpha value is -2.73. The summed E-state index contributed by atoms with van der Waals surface area (Å²) in [5.41, 5.74) is 1.50. The summed E-state index contributed by atoms with van der Waals surface area (Å²) in [6.07, 6.45) is 2.79. The predicted octanol–water partition coefficient (Wildman–Crippen LogP) is 2.85. The first-order chi connectivity index (χ1) is 16.6. The molecule has 0 unspecified atom stereocenters. The lowest BCUT2D eigenvalue weighted by molar-refractivity contribution is -0.882. The molecule has 0 radical (unpaired) electrons. The third-order valence-corrected chi connectivity index (χ3v) is 8.51. The lowest BCUT2D eigenvalue weighted by Gasteiger charge is -2.47. The van der Waals surface area contributed by atoms with Crippen LogP contribution < -0.4 is 10.3 Å². The van der Waals surface area contributed by atoms with E-state index < -0.39 is 10.0 Å². The second-order valence-corrected chi connectivity index (χ2v) is 10.9. The molecular weight excluding hydrogens is 470 g/mol. The highest BCUT2D eigenvalue weighted by Crippen LogP contribution is 2.32. The third-order valence-electron chi connectivity index (χ3n) is 6.61. The molecule has 1 fully saturated rings. The number of nitrogens with one attached hydrogen (secondary N) is 1. The van der Waals surface area contributed by atoms with Crippen LogP contribution in [0.1, 0.15) is 32.8 Å². The number of rotatable bonds is 8. The first kappa shape index (κ1) is 25.4. The fraction of sp³-hybridized carbons (Fsp3) is 0.500. The maximum atomic E-state index is 13.4. The van der Waals surface area contributed by atoms with Gasteiger partial charge in [0.05, 0.1) is 55.2 Å². The summed E-state index contributed by atoms with van der Waals surface area (Å²) < 4.78 is 35.6. The number of quaternary nitrogens is 1. The van der Waals surface area contributed by atoms with Gasteiger partial charge in [-0.05, 0) is 51.0 Å². The summed E-state index contributed by atoms with van der Waals surface area (Å²) in [7, 11) is -3.84. The lowest BCUT2D eigenvalue weighted by atomic mass is 10.1. The van der Waals surface area contributed by atoms with Crippen molar-refractivity contribution in [1.82, 2.24) is 18.8 Å². The molecule has 190 valence electrons. The van der Waals surface area contributed by atoms with Crippen molar-refractivity contribution in [1.29, 1.82) is 0 Å². The summed E-state index contributed by atoms with van der Waals surface area (Å²) >= 11 is 0. The molecule has 11 heteroatoms. The van der Waals surface area contributed by atoms with Gasteiger partial charge in [-0.1, -0.05) is 6.92 Å². The van der Waals surface area contributed by atoms with Gasteiger partial charge >= 0.3 is 0 Å². The van der Waals surface area contributed by atoms with Gasteiger partial charge in [-0.3, -0.25) is 4.79 Å². The van der Waals surface area contributed by atoms with E-state index in [4.69, 9.17) is 9.72 Å². The molecular formula is C24H33N5O5S. The van der Waals surface area contributed by atoms with Crippen LogP contribution in [-0.4, -0.2) is 71.2 Å². The molecule has 0 saturated carbocycles. The number of aryl methyl sites for hydroxylation is 2. The monoisotopic (exact) mass is 503 g/mol. The van der Waals surface area contributed by atoms with Crippen LogP contribution in [0.2, 0.25) is 0 Å². The average molecular weight is 504 g/mol. The van der Waals surface area contributed by atoms with Crippen LogP contribution in [0, 0.1) is 12.1 Å². The number of sulfonamides is 1. The Morgan fingerprint density at radius 1 is 1.20 bits per heavy atom. The van der Waals surface area contributed by atoms with E-state index in [-0.39, 0.29) is 47.1 Å². The Bertz CT molecular complexity index is 1390. The van der Waals surface area contributed by atoms with Crippen molar-refractivity contribution in [2.45, 2.75) is 45.6 Å². The molecule has 10 nitrogen and oxygen atoms in total. The van der Waals surface area contributed by atoms with Gasteiger partial charge in [0.1, 0.15) is 17.2 Å². The van der Waals surface area contributed by atoms with Crippen LogP contribution in [0.3, 0.4) is 0 Å². The van der Waals surface area contributed by atoms with Crippen molar-refractivity contribution in [2.24, 2.45) is 0 Å². The van der Waals surface area contributed by atoms with Crippen LogP contribution in [0.5, 0.6) is 5.75 Å². The Morgan fingerprint density at radius 3 is 2.54 bits per heavy atom. The fourth-order valence-corrected chi connectivity index (χ4v) is 6.02. The first-order valence-electron chi connectivity index (χ1n) is 12.1. The van der Waals surface area contributed by atoms with Gasteiger partial charge in [-0.2, -0.15) is 4.31 Å². The highest BCUT2D eigenvalue weighted by atomic mass is 32.2. The van der Waals surface area contributed by atoms with E-state index >= 15 is 0 Å². The average Bonchev–Trinajstić information content (AvgIpc) is 3.15. The molecule has 2 aromatic heterocycles. The number of benzene rings is 1. The molecule has 1 N–H and O–H groups in total. The van der Waals surface area contributed by atoms with Gasteiger partial charge in [-0.25, -0.2) is 13.4 Å². The van der Waals surface area contributed by atoms with Crippen molar-refractivity contribution in [3.8, 4) is 17.1 Å². The molecule has 1 aromatic carbocycles. The number of fused-ring (bicyclic) bond motifs is 1. The number of nitrogens with zero attached hydrogens (tertiary/aromatic N) is 4. The van der Waals surface area contributed by atoms with Crippen LogP contribution in [0.4, 0.5) is 0 Å². The maximum Gasteiger partial charge on any atom is 0.260 e. The van der Waals surface area contributed by atoms with E-state index in [0.29, 0.717) is 42.0 Å². The van der Waals surface area contributed by atoms with Crippen molar-refractivity contribution < 1.29 is 17.8 Å². The number of hydroxylamine groups is 3. The third kappa shape index (κ3) is 4.73. The van der Waals surface area contributed by atoms with Crippen LogP contribution in [0.15, 0.2) is 34.1 Å². The minimum atomic E-state index is -3.84. The number of piperazine rings is 1. The number of ether oxygens (including phenoxy) is 1. The van der Waals surface area contributed by atoms with Gasteiger partial charge in [0, 0.05) is 12.7 Å². The Morgan fingerprint density at radius 2 is 1.91 bits per heavy atom. The summed E-state index contributed by atoms with van der Waals surface area (Å²) in [5, 5.41) is 13.0. The fourth-order valence-electron chi connectivity index (χ4n) is 4.58.